The number of carbonyl (C=O) groups excluding carboxylic acids is 1. The van der Waals surface area contributed by atoms with Crippen LogP contribution in [0.2, 0.25) is 0 Å². The Morgan fingerprint density at radius 3 is 2.77 bits per heavy atom. The minimum Gasteiger partial charge on any atom is -0.496 e. The van der Waals surface area contributed by atoms with Crippen LogP contribution in [0.4, 0.5) is 0 Å². The van der Waals surface area contributed by atoms with E-state index in [1.54, 1.807) is 24.5 Å². The molecule has 1 N–H and O–H groups in total. The van der Waals surface area contributed by atoms with E-state index in [2.05, 4.69) is 10.3 Å². The highest BCUT2D eigenvalue weighted by atomic mass is 32.1. The van der Waals surface area contributed by atoms with Crippen LogP contribution in [0.25, 0.3) is 15.3 Å². The number of hydrogen-bond acceptors (Lipinski definition) is 4. The second kappa shape index (κ2) is 7.01. The molecule has 6 heteroatoms. The standard InChI is InChI=1S/C20H17N3O2S/c1-25-17-7-3-2-6-15(17)13-21-19(24)14-8-9-16-18(12-14)26-20(22-16)23-10-4-5-11-23/h2-12H,13H2,1H3,(H,21,24). The number of carbonyl (C=O) groups is 1. The van der Waals surface area contributed by atoms with Crippen molar-refractivity contribution in [3.63, 3.8) is 0 Å². The molecule has 0 unspecified atom stereocenters. The van der Waals surface area contributed by atoms with Crippen molar-refractivity contribution < 1.29 is 9.53 Å². The van der Waals surface area contributed by atoms with Crippen molar-refractivity contribution in [2.24, 2.45) is 0 Å². The Kier molecular flexibility index (Phi) is 4.41. The third kappa shape index (κ3) is 3.19. The zero-order valence-electron chi connectivity index (χ0n) is 14.2. The number of hydrogen-bond donors (Lipinski definition) is 1. The van der Waals surface area contributed by atoms with Gasteiger partial charge in [0.1, 0.15) is 5.75 Å². The molecule has 0 atom stereocenters. The van der Waals surface area contributed by atoms with Crippen LogP contribution in [-0.4, -0.2) is 22.6 Å². The topological polar surface area (TPSA) is 56.1 Å². The van der Waals surface area contributed by atoms with Crippen molar-refractivity contribution in [2.45, 2.75) is 6.54 Å². The summed E-state index contributed by atoms with van der Waals surface area (Å²) in [4.78, 5) is 17.1. The van der Waals surface area contributed by atoms with Gasteiger partial charge in [0.05, 0.1) is 17.3 Å². The fourth-order valence-corrected chi connectivity index (χ4v) is 3.72. The number of fused-ring (bicyclic) bond motifs is 1. The van der Waals surface area contributed by atoms with Gasteiger partial charge in [-0.15, -0.1) is 0 Å². The van der Waals surface area contributed by atoms with Crippen molar-refractivity contribution in [3.05, 3.63) is 78.1 Å². The molecule has 0 aliphatic heterocycles. The minimum absolute atomic E-state index is 0.117. The van der Waals surface area contributed by atoms with Crippen LogP contribution in [0.1, 0.15) is 15.9 Å². The number of para-hydroxylation sites is 1. The van der Waals surface area contributed by atoms with E-state index in [1.165, 1.54) is 0 Å². The monoisotopic (exact) mass is 363 g/mol. The number of nitrogens with zero attached hydrogens (tertiary/aromatic N) is 2. The predicted octanol–water partition coefficient (Wildman–Crippen LogP) is 4.03. The number of thiazole rings is 1. The zero-order chi connectivity index (χ0) is 17.9. The molecule has 0 saturated heterocycles. The van der Waals surface area contributed by atoms with Gasteiger partial charge in [0.2, 0.25) is 0 Å². The number of rotatable bonds is 5. The highest BCUT2D eigenvalue weighted by Gasteiger charge is 2.11. The summed E-state index contributed by atoms with van der Waals surface area (Å²) in [5.41, 5.74) is 2.45. The van der Waals surface area contributed by atoms with E-state index < -0.39 is 0 Å². The van der Waals surface area contributed by atoms with E-state index >= 15 is 0 Å². The molecule has 0 radical (unpaired) electrons. The molecular weight excluding hydrogens is 346 g/mol. The van der Waals surface area contributed by atoms with Crippen LogP contribution < -0.4 is 10.1 Å². The Labute approximate surface area is 154 Å². The van der Waals surface area contributed by atoms with Crippen LogP contribution in [0, 0.1) is 0 Å². The Morgan fingerprint density at radius 2 is 1.96 bits per heavy atom. The fraction of sp³-hybridized carbons (Fsp3) is 0.100. The SMILES string of the molecule is COc1ccccc1CNC(=O)c1ccc2nc(-n3cccc3)sc2c1. The second-order valence-corrected chi connectivity index (χ2v) is 6.77. The average molecular weight is 363 g/mol. The molecule has 4 rings (SSSR count). The van der Waals surface area contributed by atoms with E-state index in [9.17, 15) is 4.79 Å². The number of aromatic nitrogens is 2. The van der Waals surface area contributed by atoms with E-state index in [0.29, 0.717) is 12.1 Å². The summed E-state index contributed by atoms with van der Waals surface area (Å²) < 4.78 is 8.27. The Balaban J connectivity index is 1.53. The van der Waals surface area contributed by atoms with Crippen molar-refractivity contribution in [3.8, 4) is 10.9 Å². The van der Waals surface area contributed by atoms with Crippen molar-refractivity contribution in [1.29, 1.82) is 0 Å². The lowest BCUT2D eigenvalue weighted by molar-refractivity contribution is 0.0951. The summed E-state index contributed by atoms with van der Waals surface area (Å²) in [5.74, 6) is 0.649. The minimum atomic E-state index is -0.117. The third-order valence-electron chi connectivity index (χ3n) is 4.10. The highest BCUT2D eigenvalue weighted by Crippen LogP contribution is 2.26. The fourth-order valence-electron chi connectivity index (χ4n) is 2.75. The zero-order valence-corrected chi connectivity index (χ0v) is 15.0. The van der Waals surface area contributed by atoms with Crippen LogP contribution in [0.3, 0.4) is 0 Å². The molecule has 0 saturated carbocycles. The summed E-state index contributed by atoms with van der Waals surface area (Å²) in [7, 11) is 1.63. The normalized spacial score (nSPS) is 10.8. The Hall–Kier alpha value is -3.12. The van der Waals surface area contributed by atoms with Crippen LogP contribution in [0.5, 0.6) is 5.75 Å². The van der Waals surface area contributed by atoms with Crippen molar-refractivity contribution >= 4 is 27.5 Å². The van der Waals surface area contributed by atoms with Gasteiger partial charge < -0.3 is 14.6 Å². The van der Waals surface area contributed by atoms with Crippen LogP contribution in [-0.2, 0) is 6.54 Å². The van der Waals surface area contributed by atoms with Gasteiger partial charge in [0.25, 0.3) is 5.91 Å². The quantitative estimate of drug-likeness (QED) is 0.582. The number of amides is 1. The van der Waals surface area contributed by atoms with Crippen LogP contribution >= 0.6 is 11.3 Å². The third-order valence-corrected chi connectivity index (χ3v) is 5.13. The maximum atomic E-state index is 12.5. The van der Waals surface area contributed by atoms with Crippen molar-refractivity contribution in [2.75, 3.05) is 7.11 Å². The molecule has 0 spiro atoms. The highest BCUT2D eigenvalue weighted by molar-refractivity contribution is 7.20. The molecule has 5 nitrogen and oxygen atoms in total. The molecule has 0 fully saturated rings. The first-order chi connectivity index (χ1) is 12.7. The summed E-state index contributed by atoms with van der Waals surface area (Å²) in [5, 5.41) is 3.83. The van der Waals surface area contributed by atoms with E-state index in [0.717, 1.165) is 26.7 Å². The van der Waals surface area contributed by atoms with Gasteiger partial charge in [0.15, 0.2) is 5.13 Å². The lowest BCUT2D eigenvalue weighted by atomic mass is 10.1. The summed E-state index contributed by atoms with van der Waals surface area (Å²) in [6, 6.07) is 17.2. The molecule has 2 aromatic carbocycles. The largest absolute Gasteiger partial charge is 0.496 e. The summed E-state index contributed by atoms with van der Waals surface area (Å²) in [6.45, 7) is 0.415. The second-order valence-electron chi connectivity index (χ2n) is 5.76. The first kappa shape index (κ1) is 16.4. The molecule has 0 aliphatic carbocycles. The first-order valence-corrected chi connectivity index (χ1v) is 9.00. The predicted molar refractivity (Wildman–Crippen MR) is 103 cm³/mol. The van der Waals surface area contributed by atoms with Gasteiger partial charge in [0, 0.05) is 30.1 Å². The van der Waals surface area contributed by atoms with Gasteiger partial charge in [-0.25, -0.2) is 4.98 Å². The average Bonchev–Trinajstić information content (AvgIpc) is 3.34. The molecule has 0 bridgehead atoms. The van der Waals surface area contributed by atoms with Crippen LogP contribution in [0.15, 0.2) is 67.0 Å². The Bertz CT molecular complexity index is 1050. The summed E-state index contributed by atoms with van der Waals surface area (Å²) in [6.07, 6.45) is 3.91. The summed E-state index contributed by atoms with van der Waals surface area (Å²) >= 11 is 1.56. The number of ether oxygens (including phenoxy) is 1. The van der Waals surface area contributed by atoms with Gasteiger partial charge >= 0.3 is 0 Å². The maximum Gasteiger partial charge on any atom is 0.251 e. The van der Waals surface area contributed by atoms with E-state index in [4.69, 9.17) is 4.74 Å². The van der Waals surface area contributed by atoms with E-state index in [-0.39, 0.29) is 5.91 Å². The first-order valence-electron chi connectivity index (χ1n) is 8.18. The number of benzene rings is 2. The molecule has 4 aromatic rings. The van der Waals surface area contributed by atoms with Gasteiger partial charge in [-0.2, -0.15) is 0 Å². The van der Waals surface area contributed by atoms with Gasteiger partial charge in [-0.05, 0) is 36.4 Å². The lowest BCUT2D eigenvalue weighted by Crippen LogP contribution is -2.22. The number of methoxy groups -OCH3 is 1. The smallest absolute Gasteiger partial charge is 0.251 e. The number of nitrogens with one attached hydrogen (secondary N) is 1. The van der Waals surface area contributed by atoms with Gasteiger partial charge in [-0.3, -0.25) is 4.79 Å². The molecule has 0 aliphatic rings. The van der Waals surface area contributed by atoms with Gasteiger partial charge in [-0.1, -0.05) is 29.5 Å². The molecule has 26 heavy (non-hydrogen) atoms. The molecule has 1 amide bonds. The molecule has 2 aromatic heterocycles. The lowest BCUT2D eigenvalue weighted by Gasteiger charge is -2.09. The Morgan fingerprint density at radius 1 is 1.15 bits per heavy atom. The van der Waals surface area contributed by atoms with E-state index in [1.807, 2.05) is 65.5 Å². The molecular formula is C20H17N3O2S. The molecule has 2 heterocycles. The van der Waals surface area contributed by atoms with Crippen molar-refractivity contribution in [1.82, 2.24) is 14.9 Å². The molecule has 130 valence electrons. The maximum absolute atomic E-state index is 12.5.